The first-order chi connectivity index (χ1) is 63.0. The topological polar surface area (TPSA) is 346 Å². The van der Waals surface area contributed by atoms with Gasteiger partial charge in [-0.05, 0) is 250 Å². The number of methoxy groups -OCH3 is 1. The Balaban J connectivity index is 0.000000237. The number of ether oxygens (including phenoxy) is 6. The Morgan fingerprint density at radius 1 is 0.443 bits per heavy atom. The van der Waals surface area contributed by atoms with Gasteiger partial charge in [-0.3, -0.25) is 40.6 Å². The van der Waals surface area contributed by atoms with Crippen molar-refractivity contribution in [1.29, 1.82) is 5.26 Å². The molecule has 0 spiro atoms. The number of nitrogens with zero attached hydrogens (tertiary/aromatic N) is 3. The summed E-state index contributed by atoms with van der Waals surface area (Å²) in [4.78, 5) is 93.6. The van der Waals surface area contributed by atoms with Crippen molar-refractivity contribution in [1.82, 2.24) is 20.1 Å². The number of para-hydroxylation sites is 1. The van der Waals surface area contributed by atoms with Gasteiger partial charge in [0.05, 0.1) is 56.9 Å². The number of amides is 9. The van der Waals surface area contributed by atoms with Crippen LogP contribution in [0.5, 0.6) is 11.5 Å². The van der Waals surface area contributed by atoms with E-state index in [1.54, 1.807) is 38.3 Å². The molecule has 10 N–H and O–H groups in total. The molecule has 1 aliphatic heterocycles. The van der Waals surface area contributed by atoms with Gasteiger partial charge in [0.2, 0.25) is 5.91 Å². The number of nitriles is 1. The molecule has 2 heterocycles. The number of aromatic nitrogens is 1. The standard InChI is InChI=1S/C26H24N4O2.C14H20N2O2.C14H13NO2.C12H17NO2.C11H15NO2.C10H13NO2.C10H13NO.C8H9NO/c1-4-30-24-15-21(32-3)11-12-22(24)23(16-27)25(30)18-8-6-10-20(14-18)29-26(31)28-19-9-5-7-17(2)13-19;1-12-3-2-4-13(11-12)14(17)15-5-6-16-7-9-18-10-8-16;1-11-6-5-7-12(10-11)15-14(16)17-13-8-3-2-4-9-13;1-9(2)8-15-12(14)13-11-6-4-5-10(3)7-11;1-3-7-14-11(13)12-10-6-4-5-9(2)8-10;1-3-13-10(12)11-9-6-4-5-8(2)7-9;1-3-11-10(12)9-6-4-5-8(2)7-9;1-6-3-2-4-7(5-6)8(9)10/h5-15H,4H2,1-3H3,(H2,28,29,31);2-4,11H,5-10H2,1H3,(H,15,17);2-10H,1H3,(H,15,16);4-7,9H,8H2,1-3H3,(H,13,14);4-6,8H,3,7H2,1-2H3,(H,12,13);4-7H,3H2,1-2H3,(H,11,12);4-7H,3H2,1-2H3,(H,11,12);2-5H,1H3,(H2,9,10). The second kappa shape index (κ2) is 57.6. The van der Waals surface area contributed by atoms with Gasteiger partial charge in [-0.15, -0.1) is 0 Å². The Morgan fingerprint density at radius 3 is 1.27 bits per heavy atom. The van der Waals surface area contributed by atoms with Crippen molar-refractivity contribution < 1.29 is 66.8 Å². The number of nitrogens with one attached hydrogen (secondary N) is 8. The van der Waals surface area contributed by atoms with Gasteiger partial charge in [-0.1, -0.05) is 165 Å². The predicted molar refractivity (Wildman–Crippen MR) is 524 cm³/mol. The van der Waals surface area contributed by atoms with E-state index in [0.717, 1.165) is 151 Å². The van der Waals surface area contributed by atoms with E-state index in [0.29, 0.717) is 67.9 Å². The molecule has 1 aliphatic rings. The predicted octanol–water partition coefficient (Wildman–Crippen LogP) is 22.4. The maximum absolute atomic E-state index is 12.5. The summed E-state index contributed by atoms with van der Waals surface area (Å²) in [6.07, 6.45) is -0.844. The summed E-state index contributed by atoms with van der Waals surface area (Å²) in [5.41, 5.74) is 23.4. The Kier molecular flexibility index (Phi) is 46.0. The van der Waals surface area contributed by atoms with Crippen LogP contribution in [0, 0.1) is 72.6 Å². The maximum Gasteiger partial charge on any atom is 0.417 e. The summed E-state index contributed by atoms with van der Waals surface area (Å²) in [6, 6.07) is 84.6. The van der Waals surface area contributed by atoms with Crippen LogP contribution < -0.4 is 57.7 Å². The Labute approximate surface area is 770 Å². The van der Waals surface area contributed by atoms with Gasteiger partial charge in [0.15, 0.2) is 0 Å². The van der Waals surface area contributed by atoms with Gasteiger partial charge >= 0.3 is 30.4 Å². The number of carbonyl (C=O) groups is 8. The quantitative estimate of drug-likeness (QED) is 0.0285. The molecule has 0 unspecified atom stereocenters. The highest BCUT2D eigenvalue weighted by atomic mass is 16.6. The number of hydrogen-bond donors (Lipinski definition) is 9. The highest BCUT2D eigenvalue weighted by Crippen LogP contribution is 2.36. The number of rotatable bonds is 22. The number of primary amides is 1. The summed E-state index contributed by atoms with van der Waals surface area (Å²) in [7, 11) is 1.63. The summed E-state index contributed by atoms with van der Waals surface area (Å²) < 4.78 is 32.5. The largest absolute Gasteiger partial charge is 0.497 e. The van der Waals surface area contributed by atoms with Crippen molar-refractivity contribution in [2.45, 2.75) is 110 Å². The lowest BCUT2D eigenvalue weighted by Crippen LogP contribution is -2.41. The van der Waals surface area contributed by atoms with Crippen molar-refractivity contribution in [3.63, 3.8) is 0 Å². The third-order valence-electron chi connectivity index (χ3n) is 18.7. The number of urea groups is 1. The SMILES string of the molecule is CCCOC(=O)Nc1cccc(C)c1.CCNC(=O)c1cccc(C)c1.CCOC(=O)Nc1cccc(C)c1.CCn1c(-c2cccc(NC(=O)Nc3cccc(C)c3)c2)c(C#N)c2ccc(OC)cc21.Cc1cccc(C(=O)NCCN2CCOCC2)c1.Cc1cccc(C(N)=O)c1.Cc1cccc(NC(=O)OCC(C)C)c1.Cc1cccc(NC(=O)Oc2ccccc2)c1. The molecule has 13 rings (SSSR count). The van der Waals surface area contributed by atoms with E-state index in [-0.39, 0.29) is 23.8 Å². The molecule has 26 nitrogen and oxygen atoms in total. The zero-order valence-electron chi connectivity index (χ0n) is 77.6. The zero-order valence-corrected chi connectivity index (χ0v) is 77.6. The van der Waals surface area contributed by atoms with E-state index < -0.39 is 24.4 Å². The highest BCUT2D eigenvalue weighted by Gasteiger charge is 2.20. The van der Waals surface area contributed by atoms with Crippen molar-refractivity contribution in [3.8, 4) is 28.8 Å². The first kappa shape index (κ1) is 105. The Morgan fingerprint density at radius 2 is 0.855 bits per heavy atom. The third-order valence-corrected chi connectivity index (χ3v) is 18.7. The van der Waals surface area contributed by atoms with Gasteiger partial charge in [-0.2, -0.15) is 5.26 Å². The van der Waals surface area contributed by atoms with Crippen molar-refractivity contribution >= 4 is 93.2 Å². The van der Waals surface area contributed by atoms with Gasteiger partial charge < -0.3 is 60.0 Å². The molecule has 1 saturated heterocycles. The fraction of sp³-hybridized carbons (Fsp3) is 0.267. The minimum atomic E-state index is -0.484. The summed E-state index contributed by atoms with van der Waals surface area (Å²) in [5, 5.41) is 32.9. The molecule has 1 fully saturated rings. The van der Waals surface area contributed by atoms with Crippen LogP contribution in [0.1, 0.15) is 129 Å². The molecule has 0 atom stereocenters. The fourth-order valence-corrected chi connectivity index (χ4v) is 12.5. The minimum Gasteiger partial charge on any atom is -0.497 e. The molecule has 0 saturated carbocycles. The fourth-order valence-electron chi connectivity index (χ4n) is 12.5. The smallest absolute Gasteiger partial charge is 0.417 e. The van der Waals surface area contributed by atoms with Crippen molar-refractivity contribution in [2.24, 2.45) is 11.7 Å². The number of aryl methyl sites for hydroxylation is 9. The lowest BCUT2D eigenvalue weighted by molar-refractivity contribution is 0.0383. The van der Waals surface area contributed by atoms with E-state index in [2.05, 4.69) is 58.1 Å². The number of benzene rings is 11. The zero-order chi connectivity index (χ0) is 95.4. The average Bonchev–Trinajstić information content (AvgIpc) is 1.60. The lowest BCUT2D eigenvalue weighted by Gasteiger charge is -2.26. The van der Waals surface area contributed by atoms with E-state index >= 15 is 0 Å². The Bertz CT molecular complexity index is 5690. The second-order valence-corrected chi connectivity index (χ2v) is 30.6. The van der Waals surface area contributed by atoms with Crippen LogP contribution in [0.15, 0.2) is 267 Å². The lowest BCUT2D eigenvalue weighted by atomic mass is 10.1. The molecule has 11 aromatic carbocycles. The maximum atomic E-state index is 12.5. The molecule has 0 aliphatic carbocycles. The van der Waals surface area contributed by atoms with Gasteiger partial charge in [0, 0.05) is 107 Å². The number of nitrogens with two attached hydrogens (primary N) is 1. The summed E-state index contributed by atoms with van der Waals surface area (Å²) in [6.45, 7) is 35.2. The number of fused-ring (bicyclic) bond motifs is 1. The van der Waals surface area contributed by atoms with E-state index in [1.165, 1.54) is 0 Å². The van der Waals surface area contributed by atoms with Gasteiger partial charge in [0.1, 0.15) is 17.6 Å². The first-order valence-corrected chi connectivity index (χ1v) is 43.3. The highest BCUT2D eigenvalue weighted by molar-refractivity contribution is 6.01. The molecule has 0 bridgehead atoms. The van der Waals surface area contributed by atoms with Gasteiger partial charge in [0.25, 0.3) is 11.8 Å². The first-order valence-electron chi connectivity index (χ1n) is 43.3. The molecular formula is C105H124N12O14. The van der Waals surface area contributed by atoms with E-state index in [1.807, 2.05) is 333 Å². The van der Waals surface area contributed by atoms with Crippen molar-refractivity contribution in [2.75, 3.05) is 105 Å². The summed E-state index contributed by atoms with van der Waals surface area (Å²) in [5.74, 6) is 1.26. The second-order valence-electron chi connectivity index (χ2n) is 30.6. The molecular weight excluding hydrogens is 1650 g/mol. The monoisotopic (exact) mass is 1780 g/mol. The van der Waals surface area contributed by atoms with Crippen LogP contribution in [0.4, 0.5) is 58.1 Å². The van der Waals surface area contributed by atoms with E-state index in [4.69, 9.17) is 34.2 Å². The normalized spacial score (nSPS) is 10.8. The van der Waals surface area contributed by atoms with Crippen LogP contribution in [0.2, 0.25) is 0 Å². The number of hydrogen-bond acceptors (Lipinski definition) is 16. The third kappa shape index (κ3) is 40.2. The molecule has 9 amide bonds. The van der Waals surface area contributed by atoms with Gasteiger partial charge in [-0.25, -0.2) is 24.0 Å². The number of morpholine rings is 1. The van der Waals surface area contributed by atoms with Crippen LogP contribution in [-0.2, 0) is 25.5 Å². The minimum absolute atomic E-state index is 0.00111. The molecule has 1 aromatic heterocycles. The Hall–Kier alpha value is -15.1. The van der Waals surface area contributed by atoms with Crippen LogP contribution >= 0.6 is 0 Å². The summed E-state index contributed by atoms with van der Waals surface area (Å²) >= 11 is 0. The molecule has 26 heteroatoms. The number of carbonyl (C=O) groups excluding carboxylic acids is 8. The van der Waals surface area contributed by atoms with Crippen LogP contribution in [0.25, 0.3) is 22.2 Å². The van der Waals surface area contributed by atoms with E-state index in [9.17, 15) is 43.6 Å². The average molecular weight is 1780 g/mol. The molecule has 688 valence electrons. The van der Waals surface area contributed by atoms with Crippen LogP contribution in [-0.4, -0.2) is 130 Å². The number of anilines is 6. The van der Waals surface area contributed by atoms with Crippen molar-refractivity contribution in [3.05, 3.63) is 334 Å². The molecule has 131 heavy (non-hydrogen) atoms. The van der Waals surface area contributed by atoms with Crippen LogP contribution in [0.3, 0.4) is 0 Å². The molecule has 0 radical (unpaired) electrons. The molecule has 12 aromatic rings.